The van der Waals surface area contributed by atoms with Crippen LogP contribution in [0.5, 0.6) is 0 Å². The summed E-state index contributed by atoms with van der Waals surface area (Å²) in [5, 5.41) is 8.55. The van der Waals surface area contributed by atoms with Crippen LogP contribution in [0.15, 0.2) is 30.3 Å². The predicted octanol–water partition coefficient (Wildman–Crippen LogP) is -0.204. The number of carbonyl (C=O) groups excluding carboxylic acids is 2. The summed E-state index contributed by atoms with van der Waals surface area (Å²) in [4.78, 5) is 23.9. The van der Waals surface area contributed by atoms with Crippen molar-refractivity contribution in [1.82, 2.24) is 16.0 Å². The zero-order valence-corrected chi connectivity index (χ0v) is 12.1. The SMILES string of the molecule is CC(NC(=O)C1CNCCO1)C(=O)NCc1ccccc1. The molecule has 1 saturated heterocycles. The quantitative estimate of drug-likeness (QED) is 0.702. The van der Waals surface area contributed by atoms with E-state index < -0.39 is 12.1 Å². The zero-order chi connectivity index (χ0) is 15.1. The van der Waals surface area contributed by atoms with E-state index in [0.29, 0.717) is 19.7 Å². The smallest absolute Gasteiger partial charge is 0.251 e. The van der Waals surface area contributed by atoms with Gasteiger partial charge in [-0.1, -0.05) is 30.3 Å². The van der Waals surface area contributed by atoms with Crippen LogP contribution < -0.4 is 16.0 Å². The molecule has 114 valence electrons. The van der Waals surface area contributed by atoms with Gasteiger partial charge in [-0.25, -0.2) is 0 Å². The molecule has 0 spiro atoms. The zero-order valence-electron chi connectivity index (χ0n) is 12.1. The van der Waals surface area contributed by atoms with Crippen molar-refractivity contribution in [3.63, 3.8) is 0 Å². The van der Waals surface area contributed by atoms with Gasteiger partial charge in [-0.3, -0.25) is 9.59 Å². The van der Waals surface area contributed by atoms with E-state index in [2.05, 4.69) is 16.0 Å². The fraction of sp³-hybridized carbons (Fsp3) is 0.467. The third kappa shape index (κ3) is 4.84. The number of morpholine rings is 1. The van der Waals surface area contributed by atoms with Crippen LogP contribution in [-0.2, 0) is 20.9 Å². The first kappa shape index (κ1) is 15.5. The molecule has 0 bridgehead atoms. The number of rotatable bonds is 5. The van der Waals surface area contributed by atoms with E-state index in [4.69, 9.17) is 4.74 Å². The molecule has 0 aliphatic carbocycles. The molecule has 3 N–H and O–H groups in total. The minimum absolute atomic E-state index is 0.212. The first-order chi connectivity index (χ1) is 10.2. The molecule has 6 heteroatoms. The van der Waals surface area contributed by atoms with Crippen LogP contribution in [0.2, 0.25) is 0 Å². The summed E-state index contributed by atoms with van der Waals surface area (Å²) < 4.78 is 5.34. The average Bonchev–Trinajstić information content (AvgIpc) is 2.54. The van der Waals surface area contributed by atoms with Crippen LogP contribution in [0.1, 0.15) is 12.5 Å². The first-order valence-electron chi connectivity index (χ1n) is 7.11. The van der Waals surface area contributed by atoms with E-state index in [-0.39, 0.29) is 11.8 Å². The Labute approximate surface area is 124 Å². The molecule has 6 nitrogen and oxygen atoms in total. The Hall–Kier alpha value is -1.92. The number of hydrogen-bond acceptors (Lipinski definition) is 4. The molecule has 1 aromatic carbocycles. The molecule has 2 rings (SSSR count). The number of amides is 2. The Morgan fingerprint density at radius 2 is 2.14 bits per heavy atom. The molecule has 1 aliphatic heterocycles. The maximum absolute atomic E-state index is 12.0. The molecular formula is C15H21N3O3. The summed E-state index contributed by atoms with van der Waals surface area (Å²) in [5.74, 6) is -0.472. The Morgan fingerprint density at radius 1 is 1.38 bits per heavy atom. The number of ether oxygens (including phenoxy) is 1. The highest BCUT2D eigenvalue weighted by atomic mass is 16.5. The largest absolute Gasteiger partial charge is 0.366 e. The molecule has 1 fully saturated rings. The van der Waals surface area contributed by atoms with Crippen molar-refractivity contribution < 1.29 is 14.3 Å². The third-order valence-corrected chi connectivity index (χ3v) is 3.28. The van der Waals surface area contributed by atoms with Crippen LogP contribution in [0, 0.1) is 0 Å². The maximum atomic E-state index is 12.0. The molecule has 2 atom stereocenters. The van der Waals surface area contributed by atoms with Crippen molar-refractivity contribution in [2.24, 2.45) is 0 Å². The molecule has 21 heavy (non-hydrogen) atoms. The molecular weight excluding hydrogens is 270 g/mol. The van der Waals surface area contributed by atoms with Gasteiger partial charge in [0, 0.05) is 19.6 Å². The summed E-state index contributed by atoms with van der Waals surface area (Å²) in [6.07, 6.45) is -0.525. The second kappa shape index (κ2) is 7.75. The maximum Gasteiger partial charge on any atom is 0.251 e. The van der Waals surface area contributed by atoms with Crippen molar-refractivity contribution in [2.45, 2.75) is 25.6 Å². The molecule has 2 amide bonds. The topological polar surface area (TPSA) is 79.5 Å². The van der Waals surface area contributed by atoms with Gasteiger partial charge in [0.15, 0.2) is 0 Å². The number of hydrogen-bond donors (Lipinski definition) is 3. The van der Waals surface area contributed by atoms with Gasteiger partial charge < -0.3 is 20.7 Å². The fourth-order valence-corrected chi connectivity index (χ4v) is 2.04. The van der Waals surface area contributed by atoms with Gasteiger partial charge >= 0.3 is 0 Å². The second-order valence-corrected chi connectivity index (χ2v) is 5.00. The molecule has 1 aromatic rings. The molecule has 1 heterocycles. The van der Waals surface area contributed by atoms with Crippen LogP contribution >= 0.6 is 0 Å². The van der Waals surface area contributed by atoms with Crippen molar-refractivity contribution in [3.8, 4) is 0 Å². The van der Waals surface area contributed by atoms with E-state index in [9.17, 15) is 9.59 Å². The van der Waals surface area contributed by atoms with Gasteiger partial charge in [0.1, 0.15) is 12.1 Å². The molecule has 0 radical (unpaired) electrons. The number of benzene rings is 1. The lowest BCUT2D eigenvalue weighted by Crippen LogP contribution is -2.52. The highest BCUT2D eigenvalue weighted by Gasteiger charge is 2.24. The van der Waals surface area contributed by atoms with Gasteiger partial charge in [0.2, 0.25) is 5.91 Å². The van der Waals surface area contributed by atoms with E-state index in [1.165, 1.54) is 0 Å². The van der Waals surface area contributed by atoms with E-state index in [0.717, 1.165) is 12.1 Å². The van der Waals surface area contributed by atoms with Crippen molar-refractivity contribution in [1.29, 1.82) is 0 Å². The predicted molar refractivity (Wildman–Crippen MR) is 78.5 cm³/mol. The summed E-state index contributed by atoms with van der Waals surface area (Å²) in [7, 11) is 0. The highest BCUT2D eigenvalue weighted by Crippen LogP contribution is 1.99. The van der Waals surface area contributed by atoms with E-state index >= 15 is 0 Å². The Balaban J connectivity index is 1.75. The first-order valence-corrected chi connectivity index (χ1v) is 7.11. The van der Waals surface area contributed by atoms with Gasteiger partial charge in [-0.15, -0.1) is 0 Å². The van der Waals surface area contributed by atoms with Gasteiger partial charge in [0.25, 0.3) is 5.91 Å². The molecule has 0 saturated carbocycles. The van der Waals surface area contributed by atoms with E-state index in [1.807, 2.05) is 30.3 Å². The monoisotopic (exact) mass is 291 g/mol. The Bertz CT molecular complexity index is 472. The normalized spacial score (nSPS) is 19.6. The van der Waals surface area contributed by atoms with Crippen LogP contribution in [-0.4, -0.2) is 43.7 Å². The number of carbonyl (C=O) groups is 2. The minimum Gasteiger partial charge on any atom is -0.366 e. The van der Waals surface area contributed by atoms with Gasteiger partial charge in [0.05, 0.1) is 6.61 Å². The van der Waals surface area contributed by atoms with Crippen molar-refractivity contribution >= 4 is 11.8 Å². The highest BCUT2D eigenvalue weighted by molar-refractivity contribution is 5.89. The molecule has 0 aromatic heterocycles. The third-order valence-electron chi connectivity index (χ3n) is 3.28. The van der Waals surface area contributed by atoms with Gasteiger partial charge in [-0.05, 0) is 12.5 Å². The van der Waals surface area contributed by atoms with Crippen LogP contribution in [0.25, 0.3) is 0 Å². The summed E-state index contributed by atoms with van der Waals surface area (Å²) >= 11 is 0. The Morgan fingerprint density at radius 3 is 2.81 bits per heavy atom. The fourth-order valence-electron chi connectivity index (χ4n) is 2.04. The lowest BCUT2D eigenvalue weighted by Gasteiger charge is -2.24. The van der Waals surface area contributed by atoms with Gasteiger partial charge in [-0.2, -0.15) is 0 Å². The average molecular weight is 291 g/mol. The minimum atomic E-state index is -0.591. The standard InChI is InChI=1S/C15H21N3O3/c1-11(18-15(20)13-10-16-7-8-21-13)14(19)17-9-12-5-3-2-4-6-12/h2-6,11,13,16H,7-10H2,1H3,(H,17,19)(H,18,20). The summed E-state index contributed by atoms with van der Waals surface area (Å²) in [5.41, 5.74) is 1.02. The van der Waals surface area contributed by atoms with Crippen LogP contribution in [0.4, 0.5) is 0 Å². The molecule has 1 aliphatic rings. The lowest BCUT2D eigenvalue weighted by molar-refractivity contribution is -0.137. The lowest BCUT2D eigenvalue weighted by atomic mass is 10.2. The number of nitrogens with one attached hydrogen (secondary N) is 3. The van der Waals surface area contributed by atoms with Crippen molar-refractivity contribution in [2.75, 3.05) is 19.7 Å². The Kier molecular flexibility index (Phi) is 5.71. The van der Waals surface area contributed by atoms with Crippen LogP contribution in [0.3, 0.4) is 0 Å². The van der Waals surface area contributed by atoms with E-state index in [1.54, 1.807) is 6.92 Å². The summed E-state index contributed by atoms with van der Waals surface area (Å²) in [6.45, 7) is 3.84. The summed E-state index contributed by atoms with van der Waals surface area (Å²) in [6, 6.07) is 9.04. The second-order valence-electron chi connectivity index (χ2n) is 5.00. The van der Waals surface area contributed by atoms with Crippen molar-refractivity contribution in [3.05, 3.63) is 35.9 Å². The molecule has 2 unspecified atom stereocenters.